The van der Waals surface area contributed by atoms with Crippen LogP contribution >= 0.6 is 0 Å². The topological polar surface area (TPSA) is 92.8 Å². The van der Waals surface area contributed by atoms with E-state index in [1.54, 1.807) is 7.11 Å². The molecule has 128 valence electrons. The standard InChI is InChI=1S/C17H20N2O5/c1-8-10-5-9(22-2)3-4-11(10)18-14(8)17(21)19-12-6-23-16-13(20)7-24-15(12)16/h3-5,12-13,15-16,18,20H,6-7H2,1-2H3,(H,19,21)/t12-,13+,15+,16+/m0/s1. The van der Waals surface area contributed by atoms with Gasteiger partial charge < -0.3 is 29.6 Å². The van der Waals surface area contributed by atoms with Gasteiger partial charge in [-0.15, -0.1) is 0 Å². The van der Waals surface area contributed by atoms with Gasteiger partial charge in [0, 0.05) is 10.9 Å². The van der Waals surface area contributed by atoms with E-state index in [4.69, 9.17) is 14.2 Å². The largest absolute Gasteiger partial charge is 0.497 e. The Morgan fingerprint density at radius 1 is 1.33 bits per heavy atom. The molecule has 0 spiro atoms. The lowest BCUT2D eigenvalue weighted by atomic mass is 10.1. The Hall–Kier alpha value is -2.09. The van der Waals surface area contributed by atoms with E-state index in [9.17, 15) is 9.90 Å². The Balaban J connectivity index is 1.56. The number of aromatic nitrogens is 1. The summed E-state index contributed by atoms with van der Waals surface area (Å²) in [7, 11) is 1.61. The van der Waals surface area contributed by atoms with Gasteiger partial charge in [-0.25, -0.2) is 0 Å². The van der Waals surface area contributed by atoms with E-state index in [0.29, 0.717) is 12.3 Å². The molecule has 2 aromatic rings. The van der Waals surface area contributed by atoms with Gasteiger partial charge in [-0.2, -0.15) is 0 Å². The number of amides is 1. The van der Waals surface area contributed by atoms with Gasteiger partial charge in [-0.1, -0.05) is 0 Å². The average molecular weight is 332 g/mol. The number of aliphatic hydroxyl groups is 1. The summed E-state index contributed by atoms with van der Waals surface area (Å²) in [4.78, 5) is 15.8. The van der Waals surface area contributed by atoms with Crippen LogP contribution in [0.15, 0.2) is 18.2 Å². The minimum atomic E-state index is -0.626. The Morgan fingerprint density at radius 3 is 2.92 bits per heavy atom. The van der Waals surface area contributed by atoms with Gasteiger partial charge in [-0.05, 0) is 30.7 Å². The van der Waals surface area contributed by atoms with Crippen molar-refractivity contribution in [3.05, 3.63) is 29.5 Å². The molecule has 1 amide bonds. The summed E-state index contributed by atoms with van der Waals surface area (Å²) in [5, 5.41) is 13.7. The third-order valence-corrected chi connectivity index (χ3v) is 4.84. The molecular weight excluding hydrogens is 312 g/mol. The molecule has 2 fully saturated rings. The van der Waals surface area contributed by atoms with Crippen molar-refractivity contribution in [3.63, 3.8) is 0 Å². The summed E-state index contributed by atoms with van der Waals surface area (Å²) in [5.41, 5.74) is 2.26. The summed E-state index contributed by atoms with van der Waals surface area (Å²) in [6.45, 7) is 2.48. The van der Waals surface area contributed by atoms with Crippen molar-refractivity contribution in [1.82, 2.24) is 10.3 Å². The maximum Gasteiger partial charge on any atom is 0.268 e. The number of carbonyl (C=O) groups is 1. The molecule has 3 N–H and O–H groups in total. The highest BCUT2D eigenvalue weighted by Gasteiger charge is 2.47. The van der Waals surface area contributed by atoms with E-state index in [1.807, 2.05) is 25.1 Å². The second-order valence-electron chi connectivity index (χ2n) is 6.28. The van der Waals surface area contributed by atoms with E-state index < -0.39 is 6.10 Å². The molecule has 2 saturated heterocycles. The van der Waals surface area contributed by atoms with E-state index in [0.717, 1.165) is 22.2 Å². The second kappa shape index (κ2) is 5.77. The maximum absolute atomic E-state index is 12.7. The first-order valence-electron chi connectivity index (χ1n) is 7.97. The third kappa shape index (κ3) is 2.36. The molecule has 0 unspecified atom stereocenters. The molecule has 4 rings (SSSR count). The van der Waals surface area contributed by atoms with Crippen LogP contribution in [0.25, 0.3) is 10.9 Å². The first-order chi connectivity index (χ1) is 11.6. The van der Waals surface area contributed by atoms with E-state index >= 15 is 0 Å². The monoisotopic (exact) mass is 332 g/mol. The lowest BCUT2D eigenvalue weighted by Crippen LogP contribution is -2.44. The summed E-state index contributed by atoms with van der Waals surface area (Å²) in [6.07, 6.45) is -1.28. The average Bonchev–Trinajstić information content (AvgIpc) is 3.24. The van der Waals surface area contributed by atoms with E-state index in [2.05, 4.69) is 10.3 Å². The SMILES string of the molecule is COc1ccc2[nH]c(C(=O)N[C@H]3CO[C@H]4[C@@H]3OC[C@H]4O)c(C)c2c1. The Kier molecular flexibility index (Phi) is 3.71. The molecule has 4 atom stereocenters. The number of fused-ring (bicyclic) bond motifs is 2. The molecule has 1 aromatic carbocycles. The maximum atomic E-state index is 12.7. The van der Waals surface area contributed by atoms with Gasteiger partial charge >= 0.3 is 0 Å². The highest BCUT2D eigenvalue weighted by Crippen LogP contribution is 2.29. The molecule has 24 heavy (non-hydrogen) atoms. The summed E-state index contributed by atoms with van der Waals surface area (Å²) in [5.74, 6) is 0.541. The van der Waals surface area contributed by atoms with Crippen LogP contribution in [0.2, 0.25) is 0 Å². The number of carbonyl (C=O) groups excluding carboxylic acids is 1. The van der Waals surface area contributed by atoms with Gasteiger partial charge in [0.25, 0.3) is 5.91 Å². The number of methoxy groups -OCH3 is 1. The molecule has 0 saturated carbocycles. The van der Waals surface area contributed by atoms with Crippen LogP contribution in [0, 0.1) is 6.92 Å². The minimum Gasteiger partial charge on any atom is -0.497 e. The fraction of sp³-hybridized carbons (Fsp3) is 0.471. The number of aliphatic hydroxyl groups excluding tert-OH is 1. The quantitative estimate of drug-likeness (QED) is 0.771. The number of aryl methyl sites for hydroxylation is 1. The Bertz CT molecular complexity index is 787. The third-order valence-electron chi connectivity index (χ3n) is 4.84. The number of hydrogen-bond donors (Lipinski definition) is 3. The van der Waals surface area contributed by atoms with Gasteiger partial charge in [0.15, 0.2) is 0 Å². The molecule has 2 aliphatic rings. The fourth-order valence-electron chi connectivity index (χ4n) is 3.50. The van der Waals surface area contributed by atoms with E-state index in [1.165, 1.54) is 0 Å². The van der Waals surface area contributed by atoms with E-state index in [-0.39, 0.29) is 30.8 Å². The zero-order chi connectivity index (χ0) is 16.8. The number of aromatic amines is 1. The molecule has 7 nitrogen and oxygen atoms in total. The predicted octanol–water partition coefficient (Wildman–Crippen LogP) is 0.742. The van der Waals surface area contributed by atoms with Crippen LogP contribution < -0.4 is 10.1 Å². The highest BCUT2D eigenvalue weighted by molar-refractivity contribution is 6.01. The van der Waals surface area contributed by atoms with Crippen molar-refractivity contribution < 1.29 is 24.1 Å². The zero-order valence-corrected chi connectivity index (χ0v) is 13.5. The van der Waals surface area contributed by atoms with Crippen molar-refractivity contribution in [2.24, 2.45) is 0 Å². The first kappa shape index (κ1) is 15.4. The van der Waals surface area contributed by atoms with Crippen LogP contribution in [0.4, 0.5) is 0 Å². The van der Waals surface area contributed by atoms with Crippen molar-refractivity contribution >= 4 is 16.8 Å². The summed E-state index contributed by atoms with van der Waals surface area (Å²) >= 11 is 0. The number of nitrogens with one attached hydrogen (secondary N) is 2. The van der Waals surface area contributed by atoms with Crippen LogP contribution in [-0.4, -0.2) is 60.7 Å². The van der Waals surface area contributed by atoms with Crippen LogP contribution in [0.3, 0.4) is 0 Å². The van der Waals surface area contributed by atoms with Crippen LogP contribution in [0.5, 0.6) is 5.75 Å². The highest BCUT2D eigenvalue weighted by atomic mass is 16.6. The van der Waals surface area contributed by atoms with Gasteiger partial charge in [-0.3, -0.25) is 4.79 Å². The Morgan fingerprint density at radius 2 is 2.12 bits per heavy atom. The number of rotatable bonds is 3. The van der Waals surface area contributed by atoms with Gasteiger partial charge in [0.2, 0.25) is 0 Å². The summed E-state index contributed by atoms with van der Waals surface area (Å²) in [6, 6.07) is 5.38. The van der Waals surface area contributed by atoms with Crippen molar-refractivity contribution in [1.29, 1.82) is 0 Å². The fourth-order valence-corrected chi connectivity index (χ4v) is 3.50. The van der Waals surface area contributed by atoms with Gasteiger partial charge in [0.1, 0.15) is 29.8 Å². The number of ether oxygens (including phenoxy) is 3. The molecule has 3 heterocycles. The smallest absolute Gasteiger partial charge is 0.268 e. The molecule has 1 aromatic heterocycles. The zero-order valence-electron chi connectivity index (χ0n) is 13.5. The lowest BCUT2D eigenvalue weighted by molar-refractivity contribution is 0.0178. The molecule has 0 aliphatic carbocycles. The first-order valence-corrected chi connectivity index (χ1v) is 7.97. The molecule has 2 aliphatic heterocycles. The van der Waals surface area contributed by atoms with Crippen molar-refractivity contribution in [2.45, 2.75) is 31.3 Å². The summed E-state index contributed by atoms with van der Waals surface area (Å²) < 4.78 is 16.3. The lowest BCUT2D eigenvalue weighted by Gasteiger charge is -2.17. The van der Waals surface area contributed by atoms with Crippen LogP contribution in [0.1, 0.15) is 16.1 Å². The molecule has 0 bridgehead atoms. The second-order valence-corrected chi connectivity index (χ2v) is 6.28. The number of benzene rings is 1. The molecule has 7 heteroatoms. The normalized spacial score (nSPS) is 29.0. The minimum absolute atomic E-state index is 0.207. The van der Waals surface area contributed by atoms with Crippen LogP contribution in [-0.2, 0) is 9.47 Å². The predicted molar refractivity (Wildman–Crippen MR) is 86.3 cm³/mol. The number of H-pyrrole nitrogens is 1. The Labute approximate surface area is 138 Å². The number of hydrogen-bond acceptors (Lipinski definition) is 5. The van der Waals surface area contributed by atoms with Gasteiger partial charge in [0.05, 0.1) is 26.4 Å². The van der Waals surface area contributed by atoms with Crippen molar-refractivity contribution in [2.75, 3.05) is 20.3 Å². The molecular formula is C17H20N2O5. The van der Waals surface area contributed by atoms with Crippen molar-refractivity contribution in [3.8, 4) is 5.75 Å². The molecule has 0 radical (unpaired) electrons.